The fourth-order valence-electron chi connectivity index (χ4n) is 3.58. The first-order chi connectivity index (χ1) is 13.1. The van der Waals surface area contributed by atoms with Crippen LogP contribution in [-0.4, -0.2) is 46.6 Å². The van der Waals surface area contributed by atoms with Crippen molar-refractivity contribution in [2.75, 3.05) is 26.7 Å². The molecule has 0 bridgehead atoms. The fraction of sp³-hybridized carbons (Fsp3) is 0.450. The summed E-state index contributed by atoms with van der Waals surface area (Å²) >= 11 is 0. The van der Waals surface area contributed by atoms with Gasteiger partial charge in [-0.3, -0.25) is 18.7 Å². The first kappa shape index (κ1) is 21.9. The number of carbonyl (C=O) groups excluding carboxylic acids is 1. The minimum absolute atomic E-state index is 0. The van der Waals surface area contributed by atoms with Crippen molar-refractivity contribution in [1.29, 1.82) is 0 Å². The number of rotatable bonds is 6. The van der Waals surface area contributed by atoms with E-state index >= 15 is 0 Å². The number of nitrogens with one attached hydrogen (secondary N) is 1. The lowest BCUT2D eigenvalue weighted by atomic mass is 9.98. The Morgan fingerprint density at radius 1 is 1.18 bits per heavy atom. The van der Waals surface area contributed by atoms with Gasteiger partial charge in [-0.15, -0.1) is 12.4 Å². The Hall–Kier alpha value is -2.38. The van der Waals surface area contributed by atoms with Gasteiger partial charge in [-0.05, 0) is 37.9 Å². The van der Waals surface area contributed by atoms with Crippen LogP contribution in [0.25, 0.3) is 0 Å². The highest BCUT2D eigenvalue weighted by molar-refractivity contribution is 5.85. The average molecular weight is 407 g/mol. The molecule has 0 aliphatic carbocycles. The number of amides is 1. The standard InChI is InChI=1S/C20H26N4O3.ClH/c1-21-12-17-8-5-10-22(14-17)19(26)15-24-18(25)9-11-23(20(24)27)13-16-6-3-2-4-7-16;/h2-4,6-7,9,11,17,21H,5,8,10,12-15H2,1H3;1H. The maximum Gasteiger partial charge on any atom is 0.331 e. The molecule has 7 nitrogen and oxygen atoms in total. The summed E-state index contributed by atoms with van der Waals surface area (Å²) in [5.41, 5.74) is 0.0620. The Morgan fingerprint density at radius 2 is 1.93 bits per heavy atom. The second-order valence-corrected chi connectivity index (χ2v) is 7.04. The number of hydrogen-bond acceptors (Lipinski definition) is 4. The maximum absolute atomic E-state index is 12.7. The molecule has 8 heteroatoms. The zero-order chi connectivity index (χ0) is 19.2. The molecule has 1 aliphatic rings. The van der Waals surface area contributed by atoms with Gasteiger partial charge in [-0.2, -0.15) is 0 Å². The summed E-state index contributed by atoms with van der Waals surface area (Å²) in [4.78, 5) is 39.4. The zero-order valence-corrected chi connectivity index (χ0v) is 16.9. The smallest absolute Gasteiger partial charge is 0.331 e. The van der Waals surface area contributed by atoms with Crippen molar-refractivity contribution in [3.05, 3.63) is 69.0 Å². The van der Waals surface area contributed by atoms with Gasteiger partial charge in [0.05, 0.1) is 6.54 Å². The molecule has 1 fully saturated rings. The van der Waals surface area contributed by atoms with Gasteiger partial charge in [0.25, 0.3) is 5.56 Å². The molecule has 1 amide bonds. The van der Waals surface area contributed by atoms with E-state index in [-0.39, 0.29) is 24.9 Å². The molecule has 1 saturated heterocycles. The summed E-state index contributed by atoms with van der Waals surface area (Å²) in [5.74, 6) is 0.238. The Labute approximate surface area is 170 Å². The first-order valence-electron chi connectivity index (χ1n) is 9.35. The minimum Gasteiger partial charge on any atom is -0.341 e. The van der Waals surface area contributed by atoms with E-state index in [9.17, 15) is 14.4 Å². The lowest BCUT2D eigenvalue weighted by molar-refractivity contribution is -0.133. The Morgan fingerprint density at radius 3 is 2.64 bits per heavy atom. The number of nitrogens with zero attached hydrogens (tertiary/aromatic N) is 3. The van der Waals surface area contributed by atoms with Gasteiger partial charge in [0.1, 0.15) is 6.54 Å². The van der Waals surface area contributed by atoms with E-state index in [0.29, 0.717) is 25.6 Å². The van der Waals surface area contributed by atoms with Gasteiger partial charge in [-0.1, -0.05) is 30.3 Å². The van der Waals surface area contributed by atoms with Crippen LogP contribution in [0.5, 0.6) is 0 Å². The Bertz CT molecular complexity index is 892. The minimum atomic E-state index is -0.455. The van der Waals surface area contributed by atoms with Crippen LogP contribution in [-0.2, 0) is 17.9 Å². The molecule has 2 aromatic rings. The second-order valence-electron chi connectivity index (χ2n) is 7.04. The average Bonchev–Trinajstić information content (AvgIpc) is 2.68. The van der Waals surface area contributed by atoms with Gasteiger partial charge in [0.2, 0.25) is 5.91 Å². The molecule has 1 aromatic carbocycles. The topological polar surface area (TPSA) is 76.3 Å². The van der Waals surface area contributed by atoms with Crippen LogP contribution < -0.4 is 16.6 Å². The maximum atomic E-state index is 12.7. The third-order valence-electron chi connectivity index (χ3n) is 4.99. The SMILES string of the molecule is CNCC1CCCN(C(=O)Cn2c(=O)ccn(Cc3ccccc3)c2=O)C1.Cl. The van der Waals surface area contributed by atoms with E-state index < -0.39 is 11.2 Å². The van der Waals surface area contributed by atoms with Crippen molar-refractivity contribution in [3.63, 3.8) is 0 Å². The van der Waals surface area contributed by atoms with Crippen LogP contribution >= 0.6 is 12.4 Å². The number of likely N-dealkylation sites (tertiary alicyclic amines) is 1. The second kappa shape index (κ2) is 10.2. The van der Waals surface area contributed by atoms with Crippen molar-refractivity contribution in [2.45, 2.75) is 25.9 Å². The summed E-state index contributed by atoms with van der Waals surface area (Å²) in [7, 11) is 1.90. The van der Waals surface area contributed by atoms with Crippen LogP contribution in [0.15, 0.2) is 52.2 Å². The number of benzene rings is 1. The first-order valence-corrected chi connectivity index (χ1v) is 9.35. The molecule has 1 unspecified atom stereocenters. The molecule has 28 heavy (non-hydrogen) atoms. The fourth-order valence-corrected chi connectivity index (χ4v) is 3.58. The van der Waals surface area contributed by atoms with Crippen molar-refractivity contribution in [1.82, 2.24) is 19.4 Å². The van der Waals surface area contributed by atoms with E-state index in [0.717, 1.165) is 29.5 Å². The summed E-state index contributed by atoms with van der Waals surface area (Å²) < 4.78 is 2.50. The van der Waals surface area contributed by atoms with Gasteiger partial charge in [-0.25, -0.2) is 4.79 Å². The van der Waals surface area contributed by atoms with E-state index in [2.05, 4.69) is 5.32 Å². The molecule has 1 aliphatic heterocycles. The Balaban J connectivity index is 0.00000280. The third kappa shape index (κ3) is 5.33. The quantitative estimate of drug-likeness (QED) is 0.774. The van der Waals surface area contributed by atoms with Gasteiger partial charge >= 0.3 is 5.69 Å². The van der Waals surface area contributed by atoms with Gasteiger partial charge in [0.15, 0.2) is 0 Å². The van der Waals surface area contributed by atoms with Crippen LogP contribution in [0, 0.1) is 5.92 Å². The number of hydrogen-bond donors (Lipinski definition) is 1. The van der Waals surface area contributed by atoms with Gasteiger partial charge < -0.3 is 10.2 Å². The zero-order valence-electron chi connectivity index (χ0n) is 16.0. The molecule has 0 radical (unpaired) electrons. The molecule has 1 aromatic heterocycles. The van der Waals surface area contributed by atoms with Crippen molar-refractivity contribution < 1.29 is 4.79 Å². The molecular formula is C20H27ClN4O3. The molecule has 152 valence electrons. The predicted octanol–water partition coefficient (Wildman–Crippen LogP) is 0.938. The van der Waals surface area contributed by atoms with Crippen LogP contribution in [0.1, 0.15) is 18.4 Å². The van der Waals surface area contributed by atoms with E-state index in [1.807, 2.05) is 37.4 Å². The summed E-state index contributed by atoms with van der Waals surface area (Å²) in [5, 5.41) is 3.15. The predicted molar refractivity (Wildman–Crippen MR) is 111 cm³/mol. The lowest BCUT2D eigenvalue weighted by Gasteiger charge is -2.32. The number of piperidine rings is 1. The lowest BCUT2D eigenvalue weighted by Crippen LogP contribution is -2.47. The highest BCUT2D eigenvalue weighted by atomic mass is 35.5. The summed E-state index contributed by atoms with van der Waals surface area (Å²) in [6, 6.07) is 10.9. The highest BCUT2D eigenvalue weighted by Crippen LogP contribution is 2.15. The monoisotopic (exact) mass is 406 g/mol. The van der Waals surface area contributed by atoms with E-state index in [4.69, 9.17) is 0 Å². The molecule has 1 atom stereocenters. The molecule has 1 N–H and O–H groups in total. The van der Waals surface area contributed by atoms with Crippen molar-refractivity contribution in [3.8, 4) is 0 Å². The number of halogens is 1. The Kier molecular flexibility index (Phi) is 8.02. The third-order valence-corrected chi connectivity index (χ3v) is 4.99. The van der Waals surface area contributed by atoms with Crippen LogP contribution in [0.3, 0.4) is 0 Å². The summed E-state index contributed by atoms with van der Waals surface area (Å²) in [6.07, 6.45) is 3.52. The van der Waals surface area contributed by atoms with Crippen molar-refractivity contribution >= 4 is 18.3 Å². The van der Waals surface area contributed by atoms with Crippen molar-refractivity contribution in [2.24, 2.45) is 5.92 Å². The van der Waals surface area contributed by atoms with E-state index in [1.165, 1.54) is 16.8 Å². The molecule has 0 spiro atoms. The van der Waals surface area contributed by atoms with Gasteiger partial charge in [0, 0.05) is 25.4 Å². The van der Waals surface area contributed by atoms with E-state index in [1.54, 1.807) is 4.90 Å². The summed E-state index contributed by atoms with van der Waals surface area (Å²) in [6.45, 7) is 2.36. The number of aromatic nitrogens is 2. The normalized spacial score (nSPS) is 16.5. The highest BCUT2D eigenvalue weighted by Gasteiger charge is 2.24. The molecule has 3 rings (SSSR count). The van der Waals surface area contributed by atoms with Crippen LogP contribution in [0.2, 0.25) is 0 Å². The molecule has 2 heterocycles. The molecule has 0 saturated carbocycles. The van der Waals surface area contributed by atoms with Crippen LogP contribution in [0.4, 0.5) is 0 Å². The largest absolute Gasteiger partial charge is 0.341 e. The molecular weight excluding hydrogens is 380 g/mol. The number of carbonyl (C=O) groups is 1.